The maximum Gasteiger partial charge on any atom is 0.249 e. The summed E-state index contributed by atoms with van der Waals surface area (Å²) in [5, 5.41) is 23.0. The number of rotatable bonds is 29. The third-order valence-electron chi connectivity index (χ3n) is 8.23. The van der Waals surface area contributed by atoms with E-state index in [1.165, 1.54) is 121 Å². The molecule has 0 unspecified atom stereocenters. The number of aliphatic hydroxyl groups is 2. The standard InChI is InChI=1S/C36H69NO3/c1-5-7-9-11-13-14-15-16-17-19-21-26-30-35(39)36(40)37-34(31-38)33(4)29-25-22-24-28-32(3)27-23-20-18-12-10-8-6-2/h25,28-29,33-35,38-39H,5-24,26-27,30-31H2,1-4H3,(H,37,40)/b29-25+,32-28+/t33-,34+,35-/m0/s1. The van der Waals surface area contributed by atoms with Crippen LogP contribution < -0.4 is 5.32 Å². The van der Waals surface area contributed by atoms with Crippen molar-refractivity contribution in [2.24, 2.45) is 5.92 Å². The normalized spacial score (nSPS) is 14.5. The predicted molar refractivity (Wildman–Crippen MR) is 175 cm³/mol. The van der Waals surface area contributed by atoms with Crippen molar-refractivity contribution in [1.82, 2.24) is 5.32 Å². The van der Waals surface area contributed by atoms with Crippen LogP contribution >= 0.6 is 0 Å². The highest BCUT2D eigenvalue weighted by Crippen LogP contribution is 2.15. The number of amides is 1. The van der Waals surface area contributed by atoms with Gasteiger partial charge in [0, 0.05) is 0 Å². The van der Waals surface area contributed by atoms with Crippen LogP contribution in [0.1, 0.15) is 175 Å². The second-order valence-corrected chi connectivity index (χ2v) is 12.3. The molecule has 0 saturated carbocycles. The Morgan fingerprint density at radius 3 is 1.70 bits per heavy atom. The summed E-state index contributed by atoms with van der Waals surface area (Å²) in [6.07, 6.45) is 33.9. The summed E-state index contributed by atoms with van der Waals surface area (Å²) in [4.78, 5) is 12.5. The van der Waals surface area contributed by atoms with Crippen molar-refractivity contribution in [3.8, 4) is 0 Å². The van der Waals surface area contributed by atoms with Gasteiger partial charge < -0.3 is 15.5 Å². The lowest BCUT2D eigenvalue weighted by molar-refractivity contribution is -0.131. The topological polar surface area (TPSA) is 69.6 Å². The minimum atomic E-state index is -0.988. The van der Waals surface area contributed by atoms with Gasteiger partial charge in [-0.05, 0) is 44.9 Å². The Balaban J connectivity index is 3.95. The maximum absolute atomic E-state index is 12.5. The Labute approximate surface area is 249 Å². The number of nitrogens with one attached hydrogen (secondary N) is 1. The van der Waals surface area contributed by atoms with Gasteiger partial charge in [-0.25, -0.2) is 0 Å². The molecule has 0 rings (SSSR count). The van der Waals surface area contributed by atoms with Crippen LogP contribution in [0.2, 0.25) is 0 Å². The Bertz CT molecular complexity index is 615. The van der Waals surface area contributed by atoms with Crippen LogP contribution in [0, 0.1) is 5.92 Å². The number of carbonyl (C=O) groups is 1. The van der Waals surface area contributed by atoms with E-state index in [-0.39, 0.29) is 24.5 Å². The third-order valence-corrected chi connectivity index (χ3v) is 8.23. The zero-order chi connectivity index (χ0) is 29.7. The SMILES string of the molecule is CCCCCCCCCCCCCC[C@H](O)C(=O)N[C@H](CO)[C@@H](C)/C=C/CC/C=C(\C)CCCCCCCCC. The molecule has 0 radical (unpaired) electrons. The van der Waals surface area contributed by atoms with Gasteiger partial charge in [0.2, 0.25) is 5.91 Å². The van der Waals surface area contributed by atoms with E-state index in [9.17, 15) is 15.0 Å². The molecule has 40 heavy (non-hydrogen) atoms. The summed E-state index contributed by atoms with van der Waals surface area (Å²) in [6.45, 7) is 8.65. The summed E-state index contributed by atoms with van der Waals surface area (Å²) >= 11 is 0. The first-order valence-corrected chi connectivity index (χ1v) is 17.4. The molecule has 0 saturated heterocycles. The van der Waals surface area contributed by atoms with Crippen LogP contribution in [0.5, 0.6) is 0 Å². The highest BCUT2D eigenvalue weighted by atomic mass is 16.3. The number of hydrogen-bond donors (Lipinski definition) is 3. The van der Waals surface area contributed by atoms with Crippen molar-refractivity contribution in [1.29, 1.82) is 0 Å². The highest BCUT2D eigenvalue weighted by Gasteiger charge is 2.21. The molecule has 4 heteroatoms. The molecule has 0 spiro atoms. The van der Waals surface area contributed by atoms with E-state index in [1.54, 1.807) is 0 Å². The van der Waals surface area contributed by atoms with E-state index < -0.39 is 6.10 Å². The number of hydrogen-bond acceptors (Lipinski definition) is 3. The smallest absolute Gasteiger partial charge is 0.249 e. The minimum absolute atomic E-state index is 0.0191. The molecular weight excluding hydrogens is 494 g/mol. The maximum atomic E-state index is 12.5. The zero-order valence-electron chi connectivity index (χ0n) is 27.2. The third kappa shape index (κ3) is 24.6. The van der Waals surface area contributed by atoms with Crippen molar-refractivity contribution in [3.63, 3.8) is 0 Å². The lowest BCUT2D eigenvalue weighted by atomic mass is 10.00. The van der Waals surface area contributed by atoms with E-state index in [0.717, 1.165) is 25.7 Å². The molecule has 0 bridgehead atoms. The molecule has 0 aliphatic rings. The molecule has 0 aliphatic carbocycles. The fourth-order valence-electron chi connectivity index (χ4n) is 5.27. The first-order chi connectivity index (χ1) is 19.5. The first kappa shape index (κ1) is 38.9. The van der Waals surface area contributed by atoms with E-state index >= 15 is 0 Å². The summed E-state index contributed by atoms with van der Waals surface area (Å²) in [5.74, 6) is -0.336. The van der Waals surface area contributed by atoms with Gasteiger partial charge in [0.25, 0.3) is 0 Å². The second kappa shape index (κ2) is 29.4. The molecule has 4 nitrogen and oxygen atoms in total. The largest absolute Gasteiger partial charge is 0.394 e. The van der Waals surface area contributed by atoms with Crippen molar-refractivity contribution < 1.29 is 15.0 Å². The van der Waals surface area contributed by atoms with Crippen LogP contribution in [-0.4, -0.2) is 34.9 Å². The van der Waals surface area contributed by atoms with E-state index in [0.29, 0.717) is 6.42 Å². The average Bonchev–Trinajstić information content (AvgIpc) is 2.95. The summed E-state index contributed by atoms with van der Waals surface area (Å²) in [7, 11) is 0. The first-order valence-electron chi connectivity index (χ1n) is 17.4. The summed E-state index contributed by atoms with van der Waals surface area (Å²) < 4.78 is 0. The van der Waals surface area contributed by atoms with Gasteiger partial charge in [-0.15, -0.1) is 0 Å². The number of allylic oxidation sites excluding steroid dienone is 3. The number of unbranched alkanes of at least 4 members (excludes halogenated alkanes) is 18. The monoisotopic (exact) mass is 564 g/mol. The molecule has 0 aromatic carbocycles. The van der Waals surface area contributed by atoms with Gasteiger partial charge in [0.05, 0.1) is 12.6 Å². The van der Waals surface area contributed by atoms with Crippen LogP contribution in [0.3, 0.4) is 0 Å². The predicted octanol–water partition coefficient (Wildman–Crippen LogP) is 9.98. The van der Waals surface area contributed by atoms with Crippen LogP contribution in [-0.2, 0) is 4.79 Å². The van der Waals surface area contributed by atoms with Gasteiger partial charge in [0.1, 0.15) is 6.10 Å². The van der Waals surface area contributed by atoms with Crippen molar-refractivity contribution in [3.05, 3.63) is 23.8 Å². The zero-order valence-corrected chi connectivity index (χ0v) is 27.2. The lowest BCUT2D eigenvalue weighted by Crippen LogP contribution is -2.46. The molecular formula is C36H69NO3. The fraction of sp³-hybridized carbons (Fsp3) is 0.861. The van der Waals surface area contributed by atoms with Gasteiger partial charge >= 0.3 is 0 Å². The lowest BCUT2D eigenvalue weighted by Gasteiger charge is -2.22. The molecule has 0 heterocycles. The molecule has 0 aromatic heterocycles. The van der Waals surface area contributed by atoms with Gasteiger partial charge in [0.15, 0.2) is 0 Å². The van der Waals surface area contributed by atoms with Crippen LogP contribution in [0.15, 0.2) is 23.8 Å². The van der Waals surface area contributed by atoms with Gasteiger partial charge in [-0.1, -0.05) is 160 Å². The Morgan fingerprint density at radius 1 is 0.725 bits per heavy atom. The molecule has 0 aliphatic heterocycles. The molecule has 3 N–H and O–H groups in total. The molecule has 0 fully saturated rings. The van der Waals surface area contributed by atoms with Crippen molar-refractivity contribution >= 4 is 5.91 Å². The Kier molecular flexibility index (Phi) is 28.5. The number of aliphatic hydroxyl groups excluding tert-OH is 2. The minimum Gasteiger partial charge on any atom is -0.394 e. The van der Waals surface area contributed by atoms with E-state index in [4.69, 9.17) is 0 Å². The van der Waals surface area contributed by atoms with Crippen molar-refractivity contribution in [2.75, 3.05) is 6.61 Å². The van der Waals surface area contributed by atoms with Crippen molar-refractivity contribution in [2.45, 2.75) is 188 Å². The molecule has 0 aromatic rings. The Morgan fingerprint density at radius 2 is 1.20 bits per heavy atom. The second-order valence-electron chi connectivity index (χ2n) is 12.3. The van der Waals surface area contributed by atoms with E-state index in [1.807, 2.05) is 6.92 Å². The van der Waals surface area contributed by atoms with Crippen LogP contribution in [0.25, 0.3) is 0 Å². The molecule has 3 atom stereocenters. The molecule has 236 valence electrons. The molecule has 1 amide bonds. The highest BCUT2D eigenvalue weighted by molar-refractivity contribution is 5.80. The number of carbonyl (C=O) groups excluding carboxylic acids is 1. The summed E-state index contributed by atoms with van der Waals surface area (Å²) in [6, 6.07) is -0.366. The van der Waals surface area contributed by atoms with Gasteiger partial charge in [-0.2, -0.15) is 0 Å². The van der Waals surface area contributed by atoms with Crippen LogP contribution in [0.4, 0.5) is 0 Å². The summed E-state index contributed by atoms with van der Waals surface area (Å²) in [5.41, 5.74) is 1.48. The van der Waals surface area contributed by atoms with E-state index in [2.05, 4.69) is 44.3 Å². The Hall–Kier alpha value is -1.13. The quantitative estimate of drug-likeness (QED) is 0.0626. The fourth-order valence-corrected chi connectivity index (χ4v) is 5.27. The van der Waals surface area contributed by atoms with Gasteiger partial charge in [-0.3, -0.25) is 4.79 Å². The average molecular weight is 564 g/mol.